The van der Waals surface area contributed by atoms with Gasteiger partial charge in [0.25, 0.3) is 0 Å². The van der Waals surface area contributed by atoms with Gasteiger partial charge in [-0.25, -0.2) is 0 Å². The fourth-order valence-corrected chi connectivity index (χ4v) is 1.67. The minimum atomic E-state index is -0.226. The van der Waals surface area contributed by atoms with Crippen molar-refractivity contribution in [3.63, 3.8) is 0 Å². The van der Waals surface area contributed by atoms with Crippen LogP contribution >= 0.6 is 0 Å². The summed E-state index contributed by atoms with van der Waals surface area (Å²) in [5.41, 5.74) is 3.42. The summed E-state index contributed by atoms with van der Waals surface area (Å²) in [7, 11) is 0. The maximum atomic E-state index is 11.3. The Hall–Kier alpha value is -1.82. The van der Waals surface area contributed by atoms with Crippen molar-refractivity contribution in [3.05, 3.63) is 34.9 Å². The molecule has 0 spiro atoms. The van der Waals surface area contributed by atoms with Crippen LogP contribution in [0.3, 0.4) is 0 Å². The van der Waals surface area contributed by atoms with E-state index < -0.39 is 0 Å². The summed E-state index contributed by atoms with van der Waals surface area (Å²) in [4.78, 5) is 11.3. The first-order valence-electron chi connectivity index (χ1n) is 5.28. The number of nitriles is 1. The van der Waals surface area contributed by atoms with Gasteiger partial charge in [-0.15, -0.1) is 0 Å². The van der Waals surface area contributed by atoms with Crippen LogP contribution < -0.4 is 5.32 Å². The Kier molecular flexibility index (Phi) is 4.07. The summed E-state index contributed by atoms with van der Waals surface area (Å²) in [6, 6.07) is 7.93. The van der Waals surface area contributed by atoms with Crippen LogP contribution in [0.4, 0.5) is 0 Å². The highest BCUT2D eigenvalue weighted by Crippen LogP contribution is 2.18. The summed E-state index contributed by atoms with van der Waals surface area (Å²) in [6.07, 6.45) is -0.0881. The van der Waals surface area contributed by atoms with Crippen molar-refractivity contribution in [2.24, 2.45) is 0 Å². The number of aryl methyl sites for hydroxylation is 2. The molecule has 16 heavy (non-hydrogen) atoms. The third-order valence-electron chi connectivity index (χ3n) is 2.52. The van der Waals surface area contributed by atoms with Gasteiger partial charge in [-0.2, -0.15) is 5.26 Å². The van der Waals surface area contributed by atoms with Crippen LogP contribution in [0.15, 0.2) is 18.2 Å². The van der Waals surface area contributed by atoms with Gasteiger partial charge in [0, 0.05) is 0 Å². The lowest BCUT2D eigenvalue weighted by atomic mass is 10.00. The maximum Gasteiger partial charge on any atom is 0.234 e. The lowest BCUT2D eigenvalue weighted by Crippen LogP contribution is -2.26. The molecule has 0 heterocycles. The molecular formula is C13H16N2O. The number of carbonyl (C=O) groups is 1. The molecule has 1 atom stereocenters. The van der Waals surface area contributed by atoms with E-state index in [0.717, 1.165) is 11.1 Å². The van der Waals surface area contributed by atoms with E-state index in [1.165, 1.54) is 5.56 Å². The zero-order valence-electron chi connectivity index (χ0n) is 9.87. The lowest BCUT2D eigenvalue weighted by Gasteiger charge is -2.16. The second-order valence-corrected chi connectivity index (χ2v) is 3.98. The third kappa shape index (κ3) is 3.09. The number of hydrogen-bond acceptors (Lipinski definition) is 2. The Bertz CT molecular complexity index is 432. The first kappa shape index (κ1) is 12.3. The average Bonchev–Trinajstić information content (AvgIpc) is 2.21. The van der Waals surface area contributed by atoms with Gasteiger partial charge in [-0.3, -0.25) is 4.79 Å². The van der Waals surface area contributed by atoms with Crippen molar-refractivity contribution in [2.45, 2.75) is 33.2 Å². The van der Waals surface area contributed by atoms with E-state index in [0.29, 0.717) is 0 Å². The Morgan fingerprint density at radius 3 is 2.81 bits per heavy atom. The van der Waals surface area contributed by atoms with Gasteiger partial charge >= 0.3 is 0 Å². The zero-order chi connectivity index (χ0) is 12.1. The Morgan fingerprint density at radius 1 is 1.50 bits per heavy atom. The topological polar surface area (TPSA) is 52.9 Å². The first-order chi connectivity index (χ1) is 7.54. The number of hydrogen-bond donors (Lipinski definition) is 1. The molecule has 0 bridgehead atoms. The van der Waals surface area contributed by atoms with Gasteiger partial charge < -0.3 is 5.32 Å². The molecule has 0 saturated carbocycles. The molecule has 0 aliphatic carbocycles. The Balaban J connectivity index is 2.80. The van der Waals surface area contributed by atoms with E-state index in [9.17, 15) is 4.79 Å². The van der Waals surface area contributed by atoms with Crippen LogP contribution in [-0.4, -0.2) is 5.91 Å². The van der Waals surface area contributed by atoms with E-state index >= 15 is 0 Å². The quantitative estimate of drug-likeness (QED) is 0.843. The monoisotopic (exact) mass is 216 g/mol. The highest BCUT2D eigenvalue weighted by Gasteiger charge is 2.11. The molecule has 0 aliphatic rings. The number of benzene rings is 1. The second-order valence-electron chi connectivity index (χ2n) is 3.98. The molecule has 0 aromatic heterocycles. The molecule has 84 valence electrons. The van der Waals surface area contributed by atoms with Crippen molar-refractivity contribution < 1.29 is 4.79 Å². The maximum absolute atomic E-state index is 11.3. The molecule has 1 aromatic carbocycles. The van der Waals surface area contributed by atoms with E-state index in [2.05, 4.69) is 11.4 Å². The molecule has 1 N–H and O–H groups in total. The molecule has 0 saturated heterocycles. The smallest absolute Gasteiger partial charge is 0.234 e. The normalized spacial score (nSPS) is 11.6. The average molecular weight is 216 g/mol. The number of amides is 1. The molecule has 1 unspecified atom stereocenters. The predicted molar refractivity (Wildman–Crippen MR) is 62.7 cm³/mol. The van der Waals surface area contributed by atoms with Crippen molar-refractivity contribution in [1.82, 2.24) is 5.32 Å². The number of carbonyl (C=O) groups excluding carboxylic acids is 1. The van der Waals surface area contributed by atoms with E-state index in [-0.39, 0.29) is 18.4 Å². The zero-order valence-corrected chi connectivity index (χ0v) is 9.87. The number of nitrogens with one attached hydrogen (secondary N) is 1. The summed E-state index contributed by atoms with van der Waals surface area (Å²) < 4.78 is 0. The lowest BCUT2D eigenvalue weighted by molar-refractivity contribution is -0.120. The SMILES string of the molecule is Cc1ccc(C)c(C(C)NC(=O)CC#N)c1. The van der Waals surface area contributed by atoms with Crippen LogP contribution in [0.25, 0.3) is 0 Å². The van der Waals surface area contributed by atoms with Crippen molar-refractivity contribution in [2.75, 3.05) is 0 Å². The van der Waals surface area contributed by atoms with Crippen LogP contribution in [0.1, 0.15) is 36.1 Å². The molecule has 1 aromatic rings. The van der Waals surface area contributed by atoms with Gasteiger partial charge in [-0.1, -0.05) is 23.8 Å². The van der Waals surface area contributed by atoms with Gasteiger partial charge in [0.15, 0.2) is 0 Å². The molecule has 1 rings (SSSR count). The first-order valence-corrected chi connectivity index (χ1v) is 5.28. The van der Waals surface area contributed by atoms with Crippen molar-refractivity contribution in [3.8, 4) is 6.07 Å². The van der Waals surface area contributed by atoms with Crippen LogP contribution in [0.5, 0.6) is 0 Å². The summed E-state index contributed by atoms with van der Waals surface area (Å²) in [5.74, 6) is -0.226. The summed E-state index contributed by atoms with van der Waals surface area (Å²) >= 11 is 0. The minimum Gasteiger partial charge on any atom is -0.349 e. The van der Waals surface area contributed by atoms with Crippen molar-refractivity contribution >= 4 is 5.91 Å². The predicted octanol–water partition coefficient (Wildman–Crippen LogP) is 2.39. The summed E-state index contributed by atoms with van der Waals surface area (Å²) in [5, 5.41) is 11.2. The molecule has 0 fully saturated rings. The standard InChI is InChI=1S/C13H16N2O/c1-9-4-5-10(2)12(8-9)11(3)15-13(16)6-7-14/h4-5,8,11H,6H2,1-3H3,(H,15,16). The van der Waals surface area contributed by atoms with Crippen LogP contribution in [0.2, 0.25) is 0 Å². The fourth-order valence-electron chi connectivity index (χ4n) is 1.67. The molecule has 0 radical (unpaired) electrons. The van der Waals surface area contributed by atoms with Gasteiger partial charge in [0.1, 0.15) is 6.42 Å². The highest BCUT2D eigenvalue weighted by molar-refractivity contribution is 5.78. The van der Waals surface area contributed by atoms with E-state index in [1.807, 2.05) is 39.0 Å². The molecular weight excluding hydrogens is 200 g/mol. The number of rotatable bonds is 3. The van der Waals surface area contributed by atoms with Gasteiger partial charge in [0.05, 0.1) is 12.1 Å². The minimum absolute atomic E-state index is 0.0549. The van der Waals surface area contributed by atoms with Gasteiger partial charge in [0.2, 0.25) is 5.91 Å². The molecule has 3 heteroatoms. The Morgan fingerprint density at radius 2 is 2.19 bits per heavy atom. The van der Waals surface area contributed by atoms with Crippen LogP contribution in [0, 0.1) is 25.2 Å². The molecule has 3 nitrogen and oxygen atoms in total. The number of nitrogens with zero attached hydrogens (tertiary/aromatic N) is 1. The van der Waals surface area contributed by atoms with Crippen molar-refractivity contribution in [1.29, 1.82) is 5.26 Å². The molecule has 1 amide bonds. The highest BCUT2D eigenvalue weighted by atomic mass is 16.1. The van der Waals surface area contributed by atoms with Crippen LogP contribution in [-0.2, 0) is 4.79 Å². The van der Waals surface area contributed by atoms with Gasteiger partial charge in [-0.05, 0) is 31.9 Å². The largest absolute Gasteiger partial charge is 0.349 e. The second kappa shape index (κ2) is 5.32. The fraction of sp³-hybridized carbons (Fsp3) is 0.385. The summed E-state index contributed by atoms with van der Waals surface area (Å²) in [6.45, 7) is 5.96. The van der Waals surface area contributed by atoms with E-state index in [4.69, 9.17) is 5.26 Å². The third-order valence-corrected chi connectivity index (χ3v) is 2.52. The Labute approximate surface area is 96.1 Å². The molecule has 0 aliphatic heterocycles. The van der Waals surface area contributed by atoms with E-state index in [1.54, 1.807) is 0 Å².